The van der Waals surface area contributed by atoms with Crippen LogP contribution in [0.4, 0.5) is 4.39 Å². The average Bonchev–Trinajstić information content (AvgIpc) is 2.76. The first kappa shape index (κ1) is 21.1. The van der Waals surface area contributed by atoms with Crippen LogP contribution in [0.5, 0.6) is 0 Å². The molecule has 2 atom stereocenters. The molecule has 0 amide bonds. The molecule has 4 rings (SSSR count). The molecule has 3 saturated carbocycles. The second kappa shape index (κ2) is 10.8. The van der Waals surface area contributed by atoms with Gasteiger partial charge in [-0.05, 0) is 68.7 Å². The Morgan fingerprint density at radius 1 is 0.714 bits per heavy atom. The molecule has 0 aromatic heterocycles. The minimum Gasteiger partial charge on any atom is -0.312 e. The molecule has 3 heteroatoms. The normalized spacial score (nSPS) is 36.6. The van der Waals surface area contributed by atoms with Gasteiger partial charge in [0.1, 0.15) is 6.17 Å². The summed E-state index contributed by atoms with van der Waals surface area (Å²) in [6.45, 7) is 2.26. The Morgan fingerprint density at radius 3 is 1.86 bits per heavy atom. The zero-order valence-electron chi connectivity index (χ0n) is 18.1. The minimum absolute atomic E-state index is 0.523. The standard InChI is InChI=1S/C25H45FN2/c26-22-13-11-19(12-14-22)17-27-23-15-16-24(28-18-23)25(20-7-3-1-4-8-20)21-9-5-2-6-10-21/h19-25,27-28H,1-18H2. The Hall–Kier alpha value is -0.150. The van der Waals surface area contributed by atoms with Gasteiger partial charge in [0.25, 0.3) is 0 Å². The van der Waals surface area contributed by atoms with Crippen molar-refractivity contribution in [3.8, 4) is 0 Å². The molecule has 1 heterocycles. The number of alkyl halides is 1. The molecular weight excluding hydrogens is 347 g/mol. The van der Waals surface area contributed by atoms with Gasteiger partial charge < -0.3 is 10.6 Å². The molecule has 2 nitrogen and oxygen atoms in total. The number of halogens is 1. The lowest BCUT2D eigenvalue weighted by atomic mass is 9.65. The second-order valence-corrected chi connectivity index (χ2v) is 10.7. The SMILES string of the molecule is FC1CCC(CNC2CCC(C(C3CCCCC3)C3CCCCC3)NC2)CC1. The summed E-state index contributed by atoms with van der Waals surface area (Å²) in [4.78, 5) is 0. The van der Waals surface area contributed by atoms with Crippen LogP contribution in [0.15, 0.2) is 0 Å². The van der Waals surface area contributed by atoms with Gasteiger partial charge in [-0.15, -0.1) is 0 Å². The van der Waals surface area contributed by atoms with Crippen molar-refractivity contribution in [2.45, 2.75) is 121 Å². The van der Waals surface area contributed by atoms with Crippen LogP contribution >= 0.6 is 0 Å². The molecule has 4 aliphatic rings. The fourth-order valence-electron chi connectivity index (χ4n) is 7.12. The molecule has 1 aliphatic heterocycles. The van der Waals surface area contributed by atoms with E-state index in [0.29, 0.717) is 12.0 Å². The molecule has 1 saturated heterocycles. The van der Waals surface area contributed by atoms with Gasteiger partial charge in [0.2, 0.25) is 0 Å². The number of piperidine rings is 1. The maximum absolute atomic E-state index is 13.3. The smallest absolute Gasteiger partial charge is 0.100 e. The Labute approximate surface area is 173 Å². The van der Waals surface area contributed by atoms with E-state index < -0.39 is 6.17 Å². The quantitative estimate of drug-likeness (QED) is 0.579. The summed E-state index contributed by atoms with van der Waals surface area (Å²) in [5.41, 5.74) is 0. The minimum atomic E-state index is -0.523. The Kier molecular flexibility index (Phi) is 8.10. The molecule has 0 spiro atoms. The van der Waals surface area contributed by atoms with E-state index in [1.165, 1.54) is 77.0 Å². The van der Waals surface area contributed by atoms with E-state index in [0.717, 1.165) is 62.6 Å². The largest absolute Gasteiger partial charge is 0.312 e. The highest BCUT2D eigenvalue weighted by Crippen LogP contribution is 2.43. The van der Waals surface area contributed by atoms with Gasteiger partial charge in [0.15, 0.2) is 0 Å². The van der Waals surface area contributed by atoms with E-state index in [-0.39, 0.29) is 0 Å². The van der Waals surface area contributed by atoms with E-state index >= 15 is 0 Å². The molecule has 4 fully saturated rings. The first-order valence-electron chi connectivity index (χ1n) is 12.9. The van der Waals surface area contributed by atoms with E-state index in [9.17, 15) is 4.39 Å². The maximum Gasteiger partial charge on any atom is 0.100 e. The second-order valence-electron chi connectivity index (χ2n) is 10.7. The third-order valence-corrected chi connectivity index (χ3v) is 8.78. The van der Waals surface area contributed by atoms with Crippen molar-refractivity contribution in [2.75, 3.05) is 13.1 Å². The molecule has 0 aromatic carbocycles. The van der Waals surface area contributed by atoms with Crippen molar-refractivity contribution < 1.29 is 4.39 Å². The zero-order valence-corrected chi connectivity index (χ0v) is 18.1. The van der Waals surface area contributed by atoms with Gasteiger partial charge in [-0.25, -0.2) is 4.39 Å². The van der Waals surface area contributed by atoms with Crippen molar-refractivity contribution in [3.63, 3.8) is 0 Å². The van der Waals surface area contributed by atoms with Crippen LogP contribution in [0.1, 0.15) is 103 Å². The molecular formula is C25H45FN2. The van der Waals surface area contributed by atoms with Gasteiger partial charge >= 0.3 is 0 Å². The number of rotatable bonds is 6. The van der Waals surface area contributed by atoms with Crippen LogP contribution < -0.4 is 10.6 Å². The maximum atomic E-state index is 13.3. The predicted octanol–water partition coefficient (Wildman–Crippen LogP) is 6.00. The van der Waals surface area contributed by atoms with Gasteiger partial charge in [0.05, 0.1) is 0 Å². The van der Waals surface area contributed by atoms with Crippen molar-refractivity contribution >= 4 is 0 Å². The fraction of sp³-hybridized carbons (Fsp3) is 1.00. The fourth-order valence-corrected chi connectivity index (χ4v) is 7.12. The number of nitrogens with one attached hydrogen (secondary N) is 2. The Balaban J connectivity index is 1.26. The summed E-state index contributed by atoms with van der Waals surface area (Å²) in [6.07, 6.45) is 20.8. The molecule has 28 heavy (non-hydrogen) atoms. The monoisotopic (exact) mass is 392 g/mol. The van der Waals surface area contributed by atoms with E-state index in [2.05, 4.69) is 10.6 Å². The lowest BCUT2D eigenvalue weighted by Gasteiger charge is -2.45. The zero-order chi connectivity index (χ0) is 19.2. The molecule has 2 unspecified atom stereocenters. The van der Waals surface area contributed by atoms with E-state index in [1.807, 2.05) is 0 Å². The van der Waals surface area contributed by atoms with Gasteiger partial charge in [-0.3, -0.25) is 0 Å². The molecule has 0 bridgehead atoms. The first-order valence-corrected chi connectivity index (χ1v) is 12.9. The molecule has 162 valence electrons. The number of hydrogen-bond acceptors (Lipinski definition) is 2. The van der Waals surface area contributed by atoms with Crippen LogP contribution in [-0.2, 0) is 0 Å². The molecule has 2 N–H and O–H groups in total. The Morgan fingerprint density at radius 2 is 1.32 bits per heavy atom. The van der Waals surface area contributed by atoms with E-state index in [4.69, 9.17) is 0 Å². The third-order valence-electron chi connectivity index (χ3n) is 8.78. The van der Waals surface area contributed by atoms with Crippen LogP contribution in [0, 0.1) is 23.7 Å². The lowest BCUT2D eigenvalue weighted by Crippen LogP contribution is -2.54. The van der Waals surface area contributed by atoms with Crippen molar-refractivity contribution in [2.24, 2.45) is 23.7 Å². The first-order chi connectivity index (χ1) is 13.8. The molecule has 3 aliphatic carbocycles. The summed E-state index contributed by atoms with van der Waals surface area (Å²) in [6, 6.07) is 1.41. The van der Waals surface area contributed by atoms with Crippen molar-refractivity contribution in [3.05, 3.63) is 0 Å². The average molecular weight is 393 g/mol. The highest BCUT2D eigenvalue weighted by Gasteiger charge is 2.38. The topological polar surface area (TPSA) is 24.1 Å². The summed E-state index contributed by atoms with van der Waals surface area (Å²) < 4.78 is 13.3. The lowest BCUT2D eigenvalue weighted by molar-refractivity contribution is 0.0868. The van der Waals surface area contributed by atoms with Crippen LogP contribution in [0.2, 0.25) is 0 Å². The van der Waals surface area contributed by atoms with E-state index in [1.54, 1.807) is 0 Å². The third kappa shape index (κ3) is 5.72. The summed E-state index contributed by atoms with van der Waals surface area (Å²) in [5, 5.41) is 7.88. The van der Waals surface area contributed by atoms with Crippen molar-refractivity contribution in [1.82, 2.24) is 10.6 Å². The highest BCUT2D eigenvalue weighted by molar-refractivity contribution is 4.93. The van der Waals surface area contributed by atoms with Gasteiger partial charge in [-0.1, -0.05) is 64.2 Å². The predicted molar refractivity (Wildman–Crippen MR) is 116 cm³/mol. The summed E-state index contributed by atoms with van der Waals surface area (Å²) in [5.74, 6) is 3.65. The van der Waals surface area contributed by atoms with Gasteiger partial charge in [-0.2, -0.15) is 0 Å². The summed E-state index contributed by atoms with van der Waals surface area (Å²) >= 11 is 0. The van der Waals surface area contributed by atoms with Crippen LogP contribution in [0.25, 0.3) is 0 Å². The van der Waals surface area contributed by atoms with Crippen LogP contribution in [0.3, 0.4) is 0 Å². The molecule has 0 radical (unpaired) electrons. The van der Waals surface area contributed by atoms with Gasteiger partial charge in [0, 0.05) is 18.6 Å². The summed E-state index contributed by atoms with van der Waals surface area (Å²) in [7, 11) is 0. The molecule has 0 aromatic rings. The van der Waals surface area contributed by atoms with Crippen molar-refractivity contribution in [1.29, 1.82) is 0 Å². The highest BCUT2D eigenvalue weighted by atomic mass is 19.1. The van der Waals surface area contributed by atoms with Crippen LogP contribution in [-0.4, -0.2) is 31.3 Å². The Bertz CT molecular complexity index is 410. The number of hydrogen-bond donors (Lipinski definition) is 2.